The van der Waals surface area contributed by atoms with E-state index < -0.39 is 10.0 Å². The van der Waals surface area contributed by atoms with Crippen LogP contribution in [0.1, 0.15) is 13.3 Å². The lowest BCUT2D eigenvalue weighted by Gasteiger charge is -2.19. The van der Waals surface area contributed by atoms with Crippen molar-refractivity contribution in [1.82, 2.24) is 4.90 Å². The number of hydrogen-bond acceptors (Lipinski definition) is 4. The molecule has 1 aliphatic heterocycles. The van der Waals surface area contributed by atoms with Crippen LogP contribution in [0, 0.1) is 5.92 Å². The molecule has 84 valence electrons. The quantitative estimate of drug-likeness (QED) is 0.633. The molecule has 2 unspecified atom stereocenters. The summed E-state index contributed by atoms with van der Waals surface area (Å²) < 4.78 is 21.5. The van der Waals surface area contributed by atoms with E-state index in [0.717, 1.165) is 13.0 Å². The lowest BCUT2D eigenvalue weighted by atomic mass is 10.1. The molecular formula is C8H19N3O2S. The Morgan fingerprint density at radius 2 is 2.14 bits per heavy atom. The van der Waals surface area contributed by atoms with Crippen molar-refractivity contribution in [2.45, 2.75) is 19.4 Å². The minimum absolute atomic E-state index is 0.0363. The summed E-state index contributed by atoms with van der Waals surface area (Å²) in [4.78, 5) is 2.14. The zero-order valence-corrected chi connectivity index (χ0v) is 9.33. The van der Waals surface area contributed by atoms with E-state index in [-0.39, 0.29) is 5.75 Å². The summed E-state index contributed by atoms with van der Waals surface area (Å²) in [6.45, 7) is 4.19. The summed E-state index contributed by atoms with van der Waals surface area (Å²) in [7, 11) is -3.33. The second kappa shape index (κ2) is 4.57. The maximum absolute atomic E-state index is 10.8. The number of sulfonamides is 1. The van der Waals surface area contributed by atoms with Crippen LogP contribution in [-0.4, -0.2) is 44.7 Å². The van der Waals surface area contributed by atoms with Gasteiger partial charge in [0.2, 0.25) is 10.0 Å². The van der Waals surface area contributed by atoms with Crippen LogP contribution < -0.4 is 10.9 Å². The molecule has 0 aliphatic carbocycles. The maximum atomic E-state index is 10.8. The van der Waals surface area contributed by atoms with Crippen molar-refractivity contribution in [3.05, 3.63) is 0 Å². The molecule has 1 aliphatic rings. The van der Waals surface area contributed by atoms with Gasteiger partial charge in [-0.3, -0.25) is 4.90 Å². The third-order valence-corrected chi connectivity index (χ3v) is 3.54. The lowest BCUT2D eigenvalue weighted by Crippen LogP contribution is -2.34. The molecule has 0 aromatic rings. The van der Waals surface area contributed by atoms with E-state index in [1.165, 1.54) is 0 Å². The molecule has 1 rings (SSSR count). The first-order valence-electron chi connectivity index (χ1n) is 4.87. The van der Waals surface area contributed by atoms with Gasteiger partial charge in [0.15, 0.2) is 0 Å². The number of nitrogens with two attached hydrogens (primary N) is 2. The Balaban J connectivity index is 2.39. The van der Waals surface area contributed by atoms with E-state index in [0.29, 0.717) is 25.0 Å². The van der Waals surface area contributed by atoms with Crippen molar-refractivity contribution in [1.29, 1.82) is 0 Å². The average Bonchev–Trinajstić information content (AvgIpc) is 2.42. The standard InChI is InChI=1S/C8H19N3O2S/c1-7-4-8(5-9)6-11(7)2-3-14(10,12)13/h7-8H,2-6,9H2,1H3,(H2,10,12,13). The number of primary sulfonamides is 1. The molecule has 5 nitrogen and oxygen atoms in total. The Morgan fingerprint density at radius 3 is 2.57 bits per heavy atom. The molecule has 0 radical (unpaired) electrons. The maximum Gasteiger partial charge on any atom is 0.210 e. The molecule has 0 spiro atoms. The Labute approximate surface area is 85.5 Å². The second-order valence-electron chi connectivity index (χ2n) is 4.05. The predicted octanol–water partition coefficient (Wildman–Crippen LogP) is -1.06. The Morgan fingerprint density at radius 1 is 1.50 bits per heavy atom. The molecule has 2 atom stereocenters. The SMILES string of the molecule is CC1CC(CN)CN1CCS(N)(=O)=O. The monoisotopic (exact) mass is 221 g/mol. The van der Waals surface area contributed by atoms with Crippen molar-refractivity contribution < 1.29 is 8.42 Å². The van der Waals surface area contributed by atoms with Gasteiger partial charge in [-0.15, -0.1) is 0 Å². The van der Waals surface area contributed by atoms with Gasteiger partial charge in [0.1, 0.15) is 0 Å². The minimum Gasteiger partial charge on any atom is -0.330 e. The molecule has 0 aromatic heterocycles. The van der Waals surface area contributed by atoms with E-state index in [4.69, 9.17) is 10.9 Å². The third kappa shape index (κ3) is 3.53. The van der Waals surface area contributed by atoms with Gasteiger partial charge < -0.3 is 5.73 Å². The first-order chi connectivity index (χ1) is 6.42. The van der Waals surface area contributed by atoms with Crippen LogP contribution in [0.4, 0.5) is 0 Å². The zero-order chi connectivity index (χ0) is 10.8. The van der Waals surface area contributed by atoms with Crippen LogP contribution in [0.5, 0.6) is 0 Å². The van der Waals surface area contributed by atoms with Crippen molar-refractivity contribution >= 4 is 10.0 Å². The first-order valence-corrected chi connectivity index (χ1v) is 6.58. The second-order valence-corrected chi connectivity index (χ2v) is 5.78. The summed E-state index contributed by atoms with van der Waals surface area (Å²) in [6, 6.07) is 0.422. The van der Waals surface area contributed by atoms with E-state index in [1.54, 1.807) is 0 Å². The highest BCUT2D eigenvalue weighted by Crippen LogP contribution is 2.21. The number of likely N-dealkylation sites (tertiary alicyclic amines) is 1. The highest BCUT2D eigenvalue weighted by atomic mass is 32.2. The average molecular weight is 221 g/mol. The highest BCUT2D eigenvalue weighted by Gasteiger charge is 2.28. The van der Waals surface area contributed by atoms with Gasteiger partial charge in [-0.1, -0.05) is 0 Å². The van der Waals surface area contributed by atoms with Gasteiger partial charge in [-0.25, -0.2) is 13.6 Å². The van der Waals surface area contributed by atoms with Crippen LogP contribution in [0.25, 0.3) is 0 Å². The van der Waals surface area contributed by atoms with Crippen molar-refractivity contribution in [2.75, 3.05) is 25.4 Å². The molecule has 1 heterocycles. The van der Waals surface area contributed by atoms with E-state index in [1.807, 2.05) is 0 Å². The number of hydrogen-bond donors (Lipinski definition) is 2. The van der Waals surface area contributed by atoms with Crippen molar-refractivity contribution in [3.8, 4) is 0 Å². The van der Waals surface area contributed by atoms with Crippen LogP contribution in [-0.2, 0) is 10.0 Å². The van der Waals surface area contributed by atoms with E-state index in [2.05, 4.69) is 11.8 Å². The van der Waals surface area contributed by atoms with Crippen LogP contribution >= 0.6 is 0 Å². The fourth-order valence-electron chi connectivity index (χ4n) is 1.94. The van der Waals surface area contributed by atoms with Gasteiger partial charge in [-0.05, 0) is 25.8 Å². The number of rotatable bonds is 4. The molecule has 6 heteroatoms. The fourth-order valence-corrected chi connectivity index (χ4v) is 2.43. The molecule has 4 N–H and O–H groups in total. The first kappa shape index (κ1) is 11.9. The molecule has 0 saturated carbocycles. The number of nitrogens with zero attached hydrogens (tertiary/aromatic N) is 1. The molecule has 14 heavy (non-hydrogen) atoms. The van der Waals surface area contributed by atoms with E-state index in [9.17, 15) is 8.42 Å². The molecule has 0 bridgehead atoms. The van der Waals surface area contributed by atoms with Crippen LogP contribution in [0.15, 0.2) is 0 Å². The summed E-state index contributed by atoms with van der Waals surface area (Å²) in [5.74, 6) is 0.541. The van der Waals surface area contributed by atoms with Crippen LogP contribution in [0.3, 0.4) is 0 Å². The Hall–Kier alpha value is -0.170. The molecule has 1 saturated heterocycles. The normalized spacial score (nSPS) is 29.6. The summed E-state index contributed by atoms with van der Waals surface area (Å²) in [5.41, 5.74) is 5.57. The molecular weight excluding hydrogens is 202 g/mol. The predicted molar refractivity (Wildman–Crippen MR) is 56.2 cm³/mol. The summed E-state index contributed by atoms with van der Waals surface area (Å²) in [5, 5.41) is 4.95. The summed E-state index contributed by atoms with van der Waals surface area (Å²) >= 11 is 0. The van der Waals surface area contributed by atoms with Gasteiger partial charge in [0.25, 0.3) is 0 Å². The summed E-state index contributed by atoms with van der Waals surface area (Å²) in [6.07, 6.45) is 1.06. The molecule has 0 amide bonds. The van der Waals surface area contributed by atoms with Crippen molar-refractivity contribution in [3.63, 3.8) is 0 Å². The van der Waals surface area contributed by atoms with E-state index >= 15 is 0 Å². The Bertz CT molecular complexity index is 278. The smallest absolute Gasteiger partial charge is 0.210 e. The minimum atomic E-state index is -3.33. The zero-order valence-electron chi connectivity index (χ0n) is 8.52. The Kier molecular flexibility index (Phi) is 3.88. The van der Waals surface area contributed by atoms with Gasteiger partial charge in [-0.2, -0.15) is 0 Å². The molecule has 0 aromatic carbocycles. The molecule has 1 fully saturated rings. The van der Waals surface area contributed by atoms with Gasteiger partial charge in [0, 0.05) is 19.1 Å². The van der Waals surface area contributed by atoms with Crippen molar-refractivity contribution in [2.24, 2.45) is 16.8 Å². The lowest BCUT2D eigenvalue weighted by molar-refractivity contribution is 0.280. The van der Waals surface area contributed by atoms with Gasteiger partial charge >= 0.3 is 0 Å². The van der Waals surface area contributed by atoms with Crippen LogP contribution in [0.2, 0.25) is 0 Å². The topological polar surface area (TPSA) is 89.4 Å². The largest absolute Gasteiger partial charge is 0.330 e. The highest BCUT2D eigenvalue weighted by molar-refractivity contribution is 7.89. The van der Waals surface area contributed by atoms with Gasteiger partial charge in [0.05, 0.1) is 5.75 Å². The third-order valence-electron chi connectivity index (χ3n) is 2.79. The fraction of sp³-hybridized carbons (Fsp3) is 1.00.